The van der Waals surface area contributed by atoms with Crippen molar-refractivity contribution < 1.29 is 14.3 Å². The molecule has 1 aliphatic heterocycles. The monoisotopic (exact) mass is 344 g/mol. The summed E-state index contributed by atoms with van der Waals surface area (Å²) >= 11 is 0. The Balaban J connectivity index is 1.40. The number of nitrogens with one attached hydrogen (secondary N) is 2. The minimum atomic E-state index is 0.0866. The zero-order chi connectivity index (χ0) is 17.2. The molecule has 2 fully saturated rings. The van der Waals surface area contributed by atoms with Crippen molar-refractivity contribution in [2.45, 2.75) is 63.6 Å². The third kappa shape index (κ3) is 4.09. The molecule has 1 atom stereocenters. The van der Waals surface area contributed by atoms with E-state index in [2.05, 4.69) is 28.8 Å². The summed E-state index contributed by atoms with van der Waals surface area (Å²) < 4.78 is 11.4. The molecule has 0 aromatic heterocycles. The summed E-state index contributed by atoms with van der Waals surface area (Å²) in [4.78, 5) is 11.2. The van der Waals surface area contributed by atoms with Crippen molar-refractivity contribution in [2.75, 3.05) is 13.2 Å². The van der Waals surface area contributed by atoms with Crippen molar-refractivity contribution in [3.05, 3.63) is 23.8 Å². The first-order chi connectivity index (χ1) is 12.2. The predicted molar refractivity (Wildman–Crippen MR) is 95.9 cm³/mol. The minimum absolute atomic E-state index is 0.0866. The average molecular weight is 344 g/mol. The van der Waals surface area contributed by atoms with E-state index in [1.807, 2.05) is 0 Å². The molecule has 5 nitrogen and oxygen atoms in total. The molecule has 3 aliphatic rings. The molecule has 5 heteroatoms. The number of hydrogen-bond donors (Lipinski definition) is 2. The molecule has 0 bridgehead atoms. The molecule has 1 aromatic rings. The second kappa shape index (κ2) is 7.24. The molecule has 136 valence electrons. The minimum Gasteiger partial charge on any atom is -0.486 e. The van der Waals surface area contributed by atoms with E-state index in [9.17, 15) is 4.79 Å². The molecule has 25 heavy (non-hydrogen) atoms. The van der Waals surface area contributed by atoms with Gasteiger partial charge in [0.15, 0.2) is 11.5 Å². The van der Waals surface area contributed by atoms with Crippen molar-refractivity contribution in [1.82, 2.24) is 10.6 Å². The molecule has 2 saturated carbocycles. The van der Waals surface area contributed by atoms with Crippen molar-refractivity contribution in [3.63, 3.8) is 0 Å². The van der Waals surface area contributed by atoms with Gasteiger partial charge in [0.05, 0.1) is 0 Å². The largest absolute Gasteiger partial charge is 0.486 e. The van der Waals surface area contributed by atoms with E-state index in [0.29, 0.717) is 31.3 Å². The van der Waals surface area contributed by atoms with E-state index in [1.54, 1.807) is 6.92 Å². The molecular formula is C20H28N2O3. The average Bonchev–Trinajstić information content (AvgIpc) is 3.45. The summed E-state index contributed by atoms with van der Waals surface area (Å²) in [7, 11) is 0. The Hall–Kier alpha value is -1.75. The predicted octanol–water partition coefficient (Wildman–Crippen LogP) is 2.95. The quantitative estimate of drug-likeness (QED) is 0.862. The molecule has 1 heterocycles. The van der Waals surface area contributed by atoms with Crippen LogP contribution >= 0.6 is 0 Å². The highest BCUT2D eigenvalue weighted by Gasteiger charge is 2.35. The van der Waals surface area contributed by atoms with Gasteiger partial charge in [-0.1, -0.05) is 6.07 Å². The maximum Gasteiger partial charge on any atom is 0.217 e. The molecule has 2 N–H and O–H groups in total. The van der Waals surface area contributed by atoms with Gasteiger partial charge >= 0.3 is 0 Å². The second-order valence-electron chi connectivity index (χ2n) is 7.63. The van der Waals surface area contributed by atoms with Crippen molar-refractivity contribution in [1.29, 1.82) is 0 Å². The lowest BCUT2D eigenvalue weighted by molar-refractivity contribution is -0.119. The van der Waals surface area contributed by atoms with Crippen LogP contribution in [0.25, 0.3) is 0 Å². The molecule has 0 spiro atoms. The van der Waals surface area contributed by atoms with E-state index in [-0.39, 0.29) is 5.91 Å². The van der Waals surface area contributed by atoms with Gasteiger partial charge in [0.2, 0.25) is 5.91 Å². The fourth-order valence-corrected chi connectivity index (χ4v) is 4.13. The molecule has 1 amide bonds. The highest BCUT2D eigenvalue weighted by atomic mass is 16.6. The van der Waals surface area contributed by atoms with Gasteiger partial charge in [0.1, 0.15) is 13.2 Å². The number of carbonyl (C=O) groups is 1. The van der Waals surface area contributed by atoms with Gasteiger partial charge in [-0.15, -0.1) is 0 Å². The molecule has 0 saturated heterocycles. The fraction of sp³-hybridized carbons (Fsp3) is 0.650. The third-order valence-corrected chi connectivity index (χ3v) is 5.57. The summed E-state index contributed by atoms with van der Waals surface area (Å²) in [5.41, 5.74) is 1.32. The molecule has 1 aromatic carbocycles. The van der Waals surface area contributed by atoms with Gasteiger partial charge in [-0.05, 0) is 62.1 Å². The number of hydrogen-bond acceptors (Lipinski definition) is 4. The summed E-state index contributed by atoms with van der Waals surface area (Å²) in [5, 5.41) is 6.97. The zero-order valence-electron chi connectivity index (χ0n) is 14.9. The first-order valence-electron chi connectivity index (χ1n) is 9.62. The van der Waals surface area contributed by atoms with E-state index in [1.165, 1.54) is 18.4 Å². The van der Waals surface area contributed by atoms with Crippen LogP contribution in [0.3, 0.4) is 0 Å². The Bertz CT molecular complexity index is 621. The number of benzene rings is 1. The topological polar surface area (TPSA) is 59.6 Å². The van der Waals surface area contributed by atoms with Gasteiger partial charge in [-0.3, -0.25) is 4.79 Å². The van der Waals surface area contributed by atoms with Crippen LogP contribution in [-0.2, 0) is 4.79 Å². The SMILES string of the molecule is CC(=O)NC1CCC(NC(c2ccc3c(c2)OCCO3)C2CC2)CC1. The van der Waals surface area contributed by atoms with Gasteiger partial charge in [0, 0.05) is 25.0 Å². The van der Waals surface area contributed by atoms with Gasteiger partial charge in [-0.2, -0.15) is 0 Å². The molecule has 2 aliphatic carbocycles. The number of carbonyl (C=O) groups excluding carboxylic acids is 1. The smallest absolute Gasteiger partial charge is 0.217 e. The Morgan fingerprint density at radius 3 is 2.36 bits per heavy atom. The van der Waals surface area contributed by atoms with Crippen LogP contribution in [0.4, 0.5) is 0 Å². The van der Waals surface area contributed by atoms with Crippen molar-refractivity contribution in [2.24, 2.45) is 5.92 Å². The Morgan fingerprint density at radius 1 is 1.00 bits per heavy atom. The standard InChI is InChI=1S/C20H28N2O3/c1-13(23)21-16-5-7-17(8-6-16)22-20(14-2-3-14)15-4-9-18-19(12-15)25-11-10-24-18/h4,9,12,14,16-17,20,22H,2-3,5-8,10-11H2,1H3,(H,21,23). The first kappa shape index (κ1) is 16.7. The maximum absolute atomic E-state index is 11.2. The summed E-state index contributed by atoms with van der Waals surface area (Å²) in [6.45, 7) is 2.87. The second-order valence-corrected chi connectivity index (χ2v) is 7.63. The van der Waals surface area contributed by atoms with Crippen LogP contribution in [0.2, 0.25) is 0 Å². The van der Waals surface area contributed by atoms with Crippen molar-refractivity contribution >= 4 is 5.91 Å². The van der Waals surface area contributed by atoms with Crippen LogP contribution < -0.4 is 20.1 Å². The summed E-state index contributed by atoms with van der Waals surface area (Å²) in [6, 6.07) is 7.68. The number of amides is 1. The Labute approximate surface area is 149 Å². The Kier molecular flexibility index (Phi) is 4.84. The van der Waals surface area contributed by atoms with E-state index in [0.717, 1.165) is 43.1 Å². The lowest BCUT2D eigenvalue weighted by atomic mass is 9.89. The van der Waals surface area contributed by atoms with Crippen LogP contribution in [0.1, 0.15) is 57.1 Å². The molecule has 0 radical (unpaired) electrons. The maximum atomic E-state index is 11.2. The highest BCUT2D eigenvalue weighted by Crippen LogP contribution is 2.44. The van der Waals surface area contributed by atoms with Gasteiger partial charge in [0.25, 0.3) is 0 Å². The van der Waals surface area contributed by atoms with E-state index < -0.39 is 0 Å². The van der Waals surface area contributed by atoms with Crippen LogP contribution in [-0.4, -0.2) is 31.2 Å². The third-order valence-electron chi connectivity index (χ3n) is 5.57. The lowest BCUT2D eigenvalue weighted by Crippen LogP contribution is -2.42. The van der Waals surface area contributed by atoms with Crippen LogP contribution in [0.5, 0.6) is 11.5 Å². The van der Waals surface area contributed by atoms with Crippen LogP contribution in [0, 0.1) is 5.92 Å². The highest BCUT2D eigenvalue weighted by molar-refractivity contribution is 5.73. The number of rotatable bonds is 5. The lowest BCUT2D eigenvalue weighted by Gasteiger charge is -2.33. The number of fused-ring (bicyclic) bond motifs is 1. The van der Waals surface area contributed by atoms with E-state index >= 15 is 0 Å². The van der Waals surface area contributed by atoms with E-state index in [4.69, 9.17) is 9.47 Å². The first-order valence-corrected chi connectivity index (χ1v) is 9.62. The molecular weight excluding hydrogens is 316 g/mol. The van der Waals surface area contributed by atoms with Gasteiger partial charge in [-0.25, -0.2) is 0 Å². The summed E-state index contributed by atoms with van der Waals surface area (Å²) in [6.07, 6.45) is 6.98. The number of ether oxygens (including phenoxy) is 2. The van der Waals surface area contributed by atoms with Crippen LogP contribution in [0.15, 0.2) is 18.2 Å². The summed E-state index contributed by atoms with van der Waals surface area (Å²) in [5.74, 6) is 2.56. The van der Waals surface area contributed by atoms with Gasteiger partial charge < -0.3 is 20.1 Å². The Morgan fingerprint density at radius 2 is 1.68 bits per heavy atom. The zero-order valence-corrected chi connectivity index (χ0v) is 14.9. The van der Waals surface area contributed by atoms with Crippen molar-refractivity contribution in [3.8, 4) is 11.5 Å². The molecule has 4 rings (SSSR count). The molecule has 1 unspecified atom stereocenters. The normalized spacial score (nSPS) is 26.8. The fourth-order valence-electron chi connectivity index (χ4n) is 4.13.